The number of aryl methyl sites for hydroxylation is 1. The van der Waals surface area contributed by atoms with Gasteiger partial charge < -0.3 is 10.5 Å². The first kappa shape index (κ1) is 12.0. The quantitative estimate of drug-likeness (QED) is 0.870. The molecule has 0 aliphatic carbocycles. The van der Waals surface area contributed by atoms with Crippen molar-refractivity contribution < 1.29 is 4.74 Å². The van der Waals surface area contributed by atoms with Crippen LogP contribution < -0.4 is 10.5 Å². The van der Waals surface area contributed by atoms with Crippen LogP contribution in [0.2, 0.25) is 0 Å². The summed E-state index contributed by atoms with van der Waals surface area (Å²) in [5, 5.41) is 0. The van der Waals surface area contributed by atoms with Crippen molar-refractivity contribution in [2.75, 3.05) is 5.73 Å². The third-order valence-corrected chi connectivity index (χ3v) is 3.04. The number of nitrogen functional groups attached to an aromatic ring is 1. The van der Waals surface area contributed by atoms with Crippen LogP contribution in [0.1, 0.15) is 11.1 Å². The zero-order valence-electron chi connectivity index (χ0n) is 9.61. The summed E-state index contributed by atoms with van der Waals surface area (Å²) in [6, 6.07) is 13.8. The lowest BCUT2D eigenvalue weighted by Crippen LogP contribution is -1.97. The van der Waals surface area contributed by atoms with Gasteiger partial charge in [-0.25, -0.2) is 0 Å². The van der Waals surface area contributed by atoms with Crippen LogP contribution in [0.4, 0.5) is 5.69 Å². The molecule has 0 fully saturated rings. The molecule has 0 unspecified atom stereocenters. The van der Waals surface area contributed by atoms with Gasteiger partial charge in [-0.2, -0.15) is 0 Å². The summed E-state index contributed by atoms with van der Waals surface area (Å²) in [5.74, 6) is 0.799. The molecule has 0 saturated carbocycles. The predicted octanol–water partition coefficient (Wildman–Crippen LogP) is 3.92. The van der Waals surface area contributed by atoms with Gasteiger partial charge in [0.15, 0.2) is 0 Å². The van der Waals surface area contributed by atoms with E-state index in [1.807, 2.05) is 49.4 Å². The number of benzene rings is 2. The van der Waals surface area contributed by atoms with Crippen molar-refractivity contribution in [2.24, 2.45) is 0 Å². The maximum Gasteiger partial charge on any atom is 0.121 e. The second-order valence-corrected chi connectivity index (χ2v) is 4.85. The fraction of sp³-hybridized carbons (Fsp3) is 0.143. The molecule has 2 aromatic carbocycles. The Labute approximate surface area is 110 Å². The monoisotopic (exact) mass is 291 g/mol. The molecule has 2 rings (SSSR count). The fourth-order valence-electron chi connectivity index (χ4n) is 1.50. The molecule has 2 N–H and O–H groups in total. The minimum Gasteiger partial charge on any atom is -0.489 e. The SMILES string of the molecule is Cc1ccc(OCc2cccc(Br)c2)cc1N. The smallest absolute Gasteiger partial charge is 0.121 e. The summed E-state index contributed by atoms with van der Waals surface area (Å²) in [4.78, 5) is 0. The molecular formula is C14H14BrNO. The van der Waals surface area contributed by atoms with E-state index < -0.39 is 0 Å². The molecule has 0 saturated heterocycles. The van der Waals surface area contributed by atoms with Crippen LogP contribution in [0.5, 0.6) is 5.75 Å². The minimum atomic E-state index is 0.544. The van der Waals surface area contributed by atoms with E-state index in [2.05, 4.69) is 15.9 Å². The number of ether oxygens (including phenoxy) is 1. The van der Waals surface area contributed by atoms with Crippen LogP contribution in [0.25, 0.3) is 0 Å². The Balaban J connectivity index is 2.05. The largest absolute Gasteiger partial charge is 0.489 e. The van der Waals surface area contributed by atoms with Crippen LogP contribution in [0, 0.1) is 6.92 Å². The summed E-state index contributed by atoms with van der Waals surface area (Å²) in [6.45, 7) is 2.52. The topological polar surface area (TPSA) is 35.2 Å². The summed E-state index contributed by atoms with van der Waals surface area (Å²) < 4.78 is 6.74. The van der Waals surface area contributed by atoms with Gasteiger partial charge in [0.1, 0.15) is 12.4 Å². The van der Waals surface area contributed by atoms with E-state index in [1.165, 1.54) is 0 Å². The Morgan fingerprint density at radius 2 is 2.00 bits per heavy atom. The van der Waals surface area contributed by atoms with Crippen molar-refractivity contribution in [3.8, 4) is 5.75 Å². The van der Waals surface area contributed by atoms with Gasteiger partial charge in [0, 0.05) is 16.2 Å². The van der Waals surface area contributed by atoms with E-state index in [0.29, 0.717) is 6.61 Å². The second kappa shape index (κ2) is 5.23. The first-order valence-corrected chi connectivity index (χ1v) is 6.18. The molecule has 0 aliphatic rings. The molecule has 0 heterocycles. The molecule has 0 aliphatic heterocycles. The van der Waals surface area contributed by atoms with Gasteiger partial charge in [0.2, 0.25) is 0 Å². The average molecular weight is 292 g/mol. The maximum absolute atomic E-state index is 5.83. The number of rotatable bonds is 3. The van der Waals surface area contributed by atoms with Gasteiger partial charge in [-0.1, -0.05) is 34.1 Å². The molecule has 17 heavy (non-hydrogen) atoms. The summed E-state index contributed by atoms with van der Waals surface area (Å²) in [6.07, 6.45) is 0. The predicted molar refractivity (Wildman–Crippen MR) is 74.1 cm³/mol. The molecular weight excluding hydrogens is 278 g/mol. The van der Waals surface area contributed by atoms with Crippen molar-refractivity contribution in [3.05, 3.63) is 58.1 Å². The zero-order chi connectivity index (χ0) is 12.3. The molecule has 0 spiro atoms. The van der Waals surface area contributed by atoms with Crippen LogP contribution >= 0.6 is 15.9 Å². The van der Waals surface area contributed by atoms with Crippen LogP contribution in [-0.4, -0.2) is 0 Å². The average Bonchev–Trinajstić information content (AvgIpc) is 2.31. The minimum absolute atomic E-state index is 0.544. The molecule has 0 aromatic heterocycles. The van der Waals surface area contributed by atoms with E-state index in [0.717, 1.165) is 27.0 Å². The van der Waals surface area contributed by atoms with E-state index >= 15 is 0 Å². The first-order valence-electron chi connectivity index (χ1n) is 5.38. The van der Waals surface area contributed by atoms with E-state index in [4.69, 9.17) is 10.5 Å². The van der Waals surface area contributed by atoms with Crippen molar-refractivity contribution >= 4 is 21.6 Å². The Bertz CT molecular complexity index is 525. The standard InChI is InChI=1S/C14H14BrNO/c1-10-5-6-13(8-14(10)16)17-9-11-3-2-4-12(15)7-11/h2-8H,9,16H2,1H3. The Morgan fingerprint density at radius 3 is 2.71 bits per heavy atom. The molecule has 2 aromatic rings. The molecule has 0 bridgehead atoms. The molecule has 0 atom stereocenters. The highest BCUT2D eigenvalue weighted by molar-refractivity contribution is 9.10. The highest BCUT2D eigenvalue weighted by atomic mass is 79.9. The Kier molecular flexibility index (Phi) is 3.69. The third kappa shape index (κ3) is 3.24. The lowest BCUT2D eigenvalue weighted by Gasteiger charge is -2.08. The van der Waals surface area contributed by atoms with Gasteiger partial charge in [-0.3, -0.25) is 0 Å². The highest BCUT2D eigenvalue weighted by Crippen LogP contribution is 2.20. The molecule has 88 valence electrons. The van der Waals surface area contributed by atoms with E-state index in [1.54, 1.807) is 0 Å². The summed E-state index contributed by atoms with van der Waals surface area (Å²) >= 11 is 3.43. The van der Waals surface area contributed by atoms with E-state index in [9.17, 15) is 0 Å². The zero-order valence-corrected chi connectivity index (χ0v) is 11.2. The van der Waals surface area contributed by atoms with Crippen molar-refractivity contribution in [2.45, 2.75) is 13.5 Å². The number of hydrogen-bond donors (Lipinski definition) is 1. The normalized spacial score (nSPS) is 10.2. The number of hydrogen-bond acceptors (Lipinski definition) is 2. The van der Waals surface area contributed by atoms with E-state index in [-0.39, 0.29) is 0 Å². The van der Waals surface area contributed by atoms with Gasteiger partial charge in [0.25, 0.3) is 0 Å². The maximum atomic E-state index is 5.83. The molecule has 0 amide bonds. The Hall–Kier alpha value is -1.48. The van der Waals surface area contributed by atoms with Crippen molar-refractivity contribution in [1.82, 2.24) is 0 Å². The Morgan fingerprint density at radius 1 is 1.18 bits per heavy atom. The van der Waals surface area contributed by atoms with Crippen molar-refractivity contribution in [3.63, 3.8) is 0 Å². The first-order chi connectivity index (χ1) is 8.15. The molecule has 2 nitrogen and oxygen atoms in total. The van der Waals surface area contributed by atoms with Gasteiger partial charge >= 0.3 is 0 Å². The van der Waals surface area contributed by atoms with Crippen molar-refractivity contribution in [1.29, 1.82) is 0 Å². The van der Waals surface area contributed by atoms with Crippen LogP contribution in [0.15, 0.2) is 46.9 Å². The van der Waals surface area contributed by atoms with Crippen LogP contribution in [-0.2, 0) is 6.61 Å². The fourth-order valence-corrected chi connectivity index (χ4v) is 1.95. The summed E-state index contributed by atoms with van der Waals surface area (Å²) in [7, 11) is 0. The number of anilines is 1. The van der Waals surface area contributed by atoms with Crippen LogP contribution in [0.3, 0.4) is 0 Å². The second-order valence-electron chi connectivity index (χ2n) is 3.94. The third-order valence-electron chi connectivity index (χ3n) is 2.55. The highest BCUT2D eigenvalue weighted by Gasteiger charge is 1.99. The molecule has 3 heteroatoms. The lowest BCUT2D eigenvalue weighted by molar-refractivity contribution is 0.306. The number of nitrogens with two attached hydrogens (primary N) is 1. The lowest BCUT2D eigenvalue weighted by atomic mass is 10.2. The van der Waals surface area contributed by atoms with Gasteiger partial charge in [-0.15, -0.1) is 0 Å². The van der Waals surface area contributed by atoms with Gasteiger partial charge in [0.05, 0.1) is 0 Å². The van der Waals surface area contributed by atoms with Gasteiger partial charge in [-0.05, 0) is 36.2 Å². The number of halogens is 1. The summed E-state index contributed by atoms with van der Waals surface area (Å²) in [5.41, 5.74) is 8.78. The molecule has 0 radical (unpaired) electrons.